The Morgan fingerprint density at radius 3 is 2.27 bits per heavy atom. The smallest absolute Gasteiger partial charge is 0.335 e. The summed E-state index contributed by atoms with van der Waals surface area (Å²) in [7, 11) is 0. The van der Waals surface area contributed by atoms with E-state index in [2.05, 4.69) is 27.3 Å². The first kappa shape index (κ1) is 24.3. The van der Waals surface area contributed by atoms with Crippen molar-refractivity contribution in [3.05, 3.63) is 101 Å². The molecule has 0 radical (unpaired) electrons. The highest BCUT2D eigenvalue weighted by atomic mass is 16.4. The molecule has 188 valence electrons. The van der Waals surface area contributed by atoms with Crippen molar-refractivity contribution in [2.75, 3.05) is 23.3 Å². The molecule has 2 heterocycles. The number of carboxylic acid groups (broad SMARTS) is 1. The summed E-state index contributed by atoms with van der Waals surface area (Å²) in [6.07, 6.45) is 2.59. The molecule has 0 spiro atoms. The minimum atomic E-state index is -0.909. The van der Waals surface area contributed by atoms with Gasteiger partial charge in [0.1, 0.15) is 5.76 Å². The van der Waals surface area contributed by atoms with Crippen LogP contribution in [0.5, 0.6) is 0 Å². The van der Waals surface area contributed by atoms with Crippen molar-refractivity contribution < 1.29 is 19.1 Å². The second-order valence-electron chi connectivity index (χ2n) is 9.20. The maximum atomic E-state index is 13.0. The highest BCUT2D eigenvalue weighted by Crippen LogP contribution is 2.31. The summed E-state index contributed by atoms with van der Waals surface area (Å²) in [4.78, 5) is 30.8. The number of piperidine rings is 1. The molecule has 1 saturated heterocycles. The van der Waals surface area contributed by atoms with Crippen LogP contribution in [0.25, 0.3) is 11.5 Å². The lowest BCUT2D eigenvalue weighted by atomic mass is 9.89. The molecular formula is C30H29N3O4. The second-order valence-corrected chi connectivity index (χ2v) is 9.20. The molecule has 37 heavy (non-hydrogen) atoms. The van der Waals surface area contributed by atoms with Crippen molar-refractivity contribution in [3.8, 4) is 11.5 Å². The molecule has 0 atom stereocenters. The van der Waals surface area contributed by atoms with Crippen LogP contribution in [-0.4, -0.2) is 35.1 Å². The van der Waals surface area contributed by atoms with Crippen LogP contribution in [0.2, 0.25) is 0 Å². The number of carboxylic acids is 1. The maximum Gasteiger partial charge on any atom is 0.335 e. The van der Waals surface area contributed by atoms with Gasteiger partial charge in [-0.1, -0.05) is 37.3 Å². The van der Waals surface area contributed by atoms with Crippen LogP contribution < -0.4 is 10.2 Å². The summed E-state index contributed by atoms with van der Waals surface area (Å²) in [6, 6.07) is 24.7. The van der Waals surface area contributed by atoms with Gasteiger partial charge >= 0.3 is 5.97 Å². The predicted octanol–water partition coefficient (Wildman–Crippen LogP) is 6.24. The van der Waals surface area contributed by atoms with Gasteiger partial charge in [-0.05, 0) is 72.9 Å². The third kappa shape index (κ3) is 5.40. The van der Waals surface area contributed by atoms with Crippen LogP contribution >= 0.6 is 0 Å². The van der Waals surface area contributed by atoms with E-state index in [-0.39, 0.29) is 5.91 Å². The van der Waals surface area contributed by atoms with E-state index in [4.69, 9.17) is 9.52 Å². The van der Waals surface area contributed by atoms with Gasteiger partial charge in [-0.15, -0.1) is 0 Å². The number of carbonyl (C=O) groups is 2. The average molecular weight is 496 g/mol. The molecule has 0 aliphatic carbocycles. The van der Waals surface area contributed by atoms with Crippen molar-refractivity contribution in [2.24, 2.45) is 0 Å². The molecule has 5 rings (SSSR count). The molecule has 4 aromatic rings. The molecule has 0 unspecified atom stereocenters. The Morgan fingerprint density at radius 2 is 1.65 bits per heavy atom. The summed E-state index contributed by atoms with van der Waals surface area (Å²) in [5.41, 5.74) is 4.48. The maximum absolute atomic E-state index is 13.0. The molecule has 1 amide bonds. The fourth-order valence-corrected chi connectivity index (χ4v) is 4.79. The Kier molecular flexibility index (Phi) is 7.03. The summed E-state index contributed by atoms with van der Waals surface area (Å²) >= 11 is 0. The Hall–Kier alpha value is -4.39. The van der Waals surface area contributed by atoms with Gasteiger partial charge in [0, 0.05) is 36.4 Å². The monoisotopic (exact) mass is 495 g/mol. The summed E-state index contributed by atoms with van der Waals surface area (Å²) in [5, 5.41) is 12.1. The lowest BCUT2D eigenvalue weighted by Crippen LogP contribution is -2.32. The van der Waals surface area contributed by atoms with Gasteiger partial charge in [0.25, 0.3) is 5.91 Å². The van der Waals surface area contributed by atoms with E-state index in [1.165, 1.54) is 5.56 Å². The van der Waals surface area contributed by atoms with E-state index in [0.29, 0.717) is 35.2 Å². The Balaban J connectivity index is 1.20. The van der Waals surface area contributed by atoms with Crippen LogP contribution in [0.15, 0.2) is 83.3 Å². The van der Waals surface area contributed by atoms with Crippen LogP contribution in [0.1, 0.15) is 57.9 Å². The quantitative estimate of drug-likeness (QED) is 0.315. The first-order valence-electron chi connectivity index (χ1n) is 12.6. The van der Waals surface area contributed by atoms with Crippen molar-refractivity contribution in [1.29, 1.82) is 0 Å². The number of benzene rings is 3. The van der Waals surface area contributed by atoms with Gasteiger partial charge < -0.3 is 19.7 Å². The highest BCUT2D eigenvalue weighted by molar-refractivity contribution is 6.03. The van der Waals surface area contributed by atoms with E-state index in [9.17, 15) is 9.59 Å². The van der Waals surface area contributed by atoms with Crippen LogP contribution in [-0.2, 0) is 6.42 Å². The minimum absolute atomic E-state index is 0.280. The third-order valence-corrected chi connectivity index (χ3v) is 6.87. The van der Waals surface area contributed by atoms with Crippen LogP contribution in [0.3, 0.4) is 0 Å². The number of aromatic carboxylic acids is 1. The number of hydrogen-bond donors (Lipinski definition) is 2. The summed E-state index contributed by atoms with van der Waals surface area (Å²) in [6.45, 7) is 3.76. The molecule has 7 nitrogen and oxygen atoms in total. The van der Waals surface area contributed by atoms with Gasteiger partial charge in [-0.2, -0.15) is 0 Å². The van der Waals surface area contributed by atoms with Gasteiger partial charge in [0.2, 0.25) is 5.89 Å². The number of hydrogen-bond acceptors (Lipinski definition) is 5. The second kappa shape index (κ2) is 10.7. The number of nitrogens with one attached hydrogen (secondary N) is 1. The van der Waals surface area contributed by atoms with Gasteiger partial charge in [0.05, 0.1) is 5.56 Å². The van der Waals surface area contributed by atoms with Crippen LogP contribution in [0.4, 0.5) is 11.4 Å². The Morgan fingerprint density at radius 1 is 0.973 bits per heavy atom. The molecule has 3 aromatic carbocycles. The molecule has 1 aliphatic rings. The fourth-order valence-electron chi connectivity index (χ4n) is 4.79. The molecule has 0 saturated carbocycles. The van der Waals surface area contributed by atoms with E-state index >= 15 is 0 Å². The van der Waals surface area contributed by atoms with E-state index in [1.807, 2.05) is 61.5 Å². The molecule has 1 aliphatic heterocycles. The zero-order chi connectivity index (χ0) is 25.8. The summed E-state index contributed by atoms with van der Waals surface area (Å²) in [5.74, 6) is 0.265. The van der Waals surface area contributed by atoms with E-state index in [1.54, 1.807) is 12.1 Å². The minimum Gasteiger partial charge on any atom is -0.478 e. The largest absolute Gasteiger partial charge is 0.478 e. The first-order valence-corrected chi connectivity index (χ1v) is 12.6. The van der Waals surface area contributed by atoms with E-state index < -0.39 is 5.97 Å². The molecule has 1 fully saturated rings. The fraction of sp³-hybridized carbons (Fsp3) is 0.233. The topological polar surface area (TPSA) is 95.7 Å². The van der Waals surface area contributed by atoms with Crippen LogP contribution in [0, 0.1) is 0 Å². The van der Waals surface area contributed by atoms with Gasteiger partial charge in [0.15, 0.2) is 5.69 Å². The number of aromatic nitrogens is 1. The highest BCUT2D eigenvalue weighted by Gasteiger charge is 2.22. The average Bonchev–Trinajstić information content (AvgIpc) is 3.39. The molecule has 0 bridgehead atoms. The lowest BCUT2D eigenvalue weighted by Gasteiger charge is -2.34. The first-order chi connectivity index (χ1) is 18.0. The molecular weight excluding hydrogens is 466 g/mol. The Labute approximate surface area is 215 Å². The number of rotatable bonds is 7. The zero-order valence-corrected chi connectivity index (χ0v) is 20.7. The standard InChI is InChI=1S/C30H29N3O4/c1-2-26-27(32-29(37-26)22-6-4-3-5-7-22)28(34)31-24-12-8-20(9-13-24)21-16-18-33(19-17-21)25-14-10-23(11-15-25)30(35)36/h3-15,21H,2,16-19H2,1H3,(H,31,34)(H,35,36). The molecule has 2 N–H and O–H groups in total. The number of nitrogens with zero attached hydrogens (tertiary/aromatic N) is 2. The lowest BCUT2D eigenvalue weighted by molar-refractivity contribution is 0.0696. The number of anilines is 2. The van der Waals surface area contributed by atoms with Crippen molar-refractivity contribution in [2.45, 2.75) is 32.1 Å². The number of amides is 1. The number of oxazole rings is 1. The SMILES string of the molecule is CCc1oc(-c2ccccc2)nc1C(=O)Nc1ccc(C2CCN(c3ccc(C(=O)O)cc3)CC2)cc1. The summed E-state index contributed by atoms with van der Waals surface area (Å²) < 4.78 is 5.86. The van der Waals surface area contributed by atoms with Crippen molar-refractivity contribution in [3.63, 3.8) is 0 Å². The molecule has 7 heteroatoms. The number of aryl methyl sites for hydroxylation is 1. The zero-order valence-electron chi connectivity index (χ0n) is 20.7. The van der Waals surface area contributed by atoms with Crippen molar-refractivity contribution in [1.82, 2.24) is 4.98 Å². The van der Waals surface area contributed by atoms with Gasteiger partial charge in [-0.25, -0.2) is 9.78 Å². The Bertz CT molecular complexity index is 1370. The predicted molar refractivity (Wildman–Crippen MR) is 143 cm³/mol. The van der Waals surface area contributed by atoms with Crippen molar-refractivity contribution >= 4 is 23.3 Å². The molecule has 1 aromatic heterocycles. The third-order valence-electron chi connectivity index (χ3n) is 6.87. The number of carbonyl (C=O) groups excluding carboxylic acids is 1. The van der Waals surface area contributed by atoms with E-state index in [0.717, 1.165) is 42.9 Å². The van der Waals surface area contributed by atoms with Gasteiger partial charge in [-0.3, -0.25) is 4.79 Å². The normalized spacial score (nSPS) is 13.9.